The number of aromatic nitrogens is 1. The van der Waals surface area contributed by atoms with Crippen molar-refractivity contribution in [2.75, 3.05) is 18.5 Å². The van der Waals surface area contributed by atoms with Crippen molar-refractivity contribution in [3.05, 3.63) is 24.3 Å². The van der Waals surface area contributed by atoms with E-state index in [1.165, 1.54) is 12.3 Å². The molecular weight excluding hydrogens is 195 g/mol. The molecule has 1 aliphatic heterocycles. The lowest BCUT2D eigenvalue weighted by Crippen LogP contribution is -2.26. The van der Waals surface area contributed by atoms with Crippen LogP contribution in [0.3, 0.4) is 0 Å². The minimum Gasteiger partial charge on any atom is -0.381 e. The fraction of sp³-hybridized carbons (Fsp3) is 0.545. The monoisotopic (exact) mass is 210 g/mol. The maximum Gasteiger partial charge on any atom is 0.212 e. The van der Waals surface area contributed by atoms with Crippen LogP contribution in [0.15, 0.2) is 18.3 Å². The van der Waals surface area contributed by atoms with Crippen molar-refractivity contribution < 1.29 is 9.13 Å². The van der Waals surface area contributed by atoms with E-state index in [9.17, 15) is 4.39 Å². The van der Waals surface area contributed by atoms with E-state index >= 15 is 0 Å². The SMILES string of the molecule is CC(Nc1ccc(F)nc1)C1CCOC1. The van der Waals surface area contributed by atoms with Crippen molar-refractivity contribution in [3.8, 4) is 0 Å². The van der Waals surface area contributed by atoms with E-state index in [-0.39, 0.29) is 0 Å². The number of hydrogen-bond acceptors (Lipinski definition) is 3. The molecule has 0 aliphatic carbocycles. The van der Waals surface area contributed by atoms with Gasteiger partial charge in [-0.15, -0.1) is 0 Å². The van der Waals surface area contributed by atoms with Gasteiger partial charge in [-0.2, -0.15) is 4.39 Å². The molecule has 1 fully saturated rings. The predicted octanol–water partition coefficient (Wildman–Crippen LogP) is 2.06. The molecule has 0 radical (unpaired) electrons. The van der Waals surface area contributed by atoms with E-state index in [4.69, 9.17) is 4.74 Å². The quantitative estimate of drug-likeness (QED) is 0.775. The van der Waals surface area contributed by atoms with Crippen LogP contribution < -0.4 is 5.32 Å². The lowest BCUT2D eigenvalue weighted by atomic mass is 10.0. The Morgan fingerprint density at radius 2 is 2.47 bits per heavy atom. The normalized spacial score (nSPS) is 22.7. The Morgan fingerprint density at radius 3 is 3.07 bits per heavy atom. The van der Waals surface area contributed by atoms with Gasteiger partial charge in [0.1, 0.15) is 0 Å². The van der Waals surface area contributed by atoms with Gasteiger partial charge in [-0.1, -0.05) is 0 Å². The molecule has 2 heterocycles. The number of rotatable bonds is 3. The zero-order valence-electron chi connectivity index (χ0n) is 8.74. The van der Waals surface area contributed by atoms with E-state index < -0.39 is 5.95 Å². The molecule has 82 valence electrons. The number of nitrogens with zero attached hydrogens (tertiary/aromatic N) is 1. The predicted molar refractivity (Wildman–Crippen MR) is 56.2 cm³/mol. The molecule has 15 heavy (non-hydrogen) atoms. The van der Waals surface area contributed by atoms with Crippen LogP contribution in [0.5, 0.6) is 0 Å². The van der Waals surface area contributed by atoms with Crippen molar-refractivity contribution in [1.29, 1.82) is 0 Å². The first-order chi connectivity index (χ1) is 7.25. The lowest BCUT2D eigenvalue weighted by Gasteiger charge is -2.20. The Labute approximate surface area is 88.7 Å². The van der Waals surface area contributed by atoms with Gasteiger partial charge in [0.2, 0.25) is 5.95 Å². The van der Waals surface area contributed by atoms with Crippen molar-refractivity contribution in [2.45, 2.75) is 19.4 Å². The number of pyridine rings is 1. The van der Waals surface area contributed by atoms with E-state index in [1.54, 1.807) is 6.07 Å². The Morgan fingerprint density at radius 1 is 1.60 bits per heavy atom. The van der Waals surface area contributed by atoms with Gasteiger partial charge in [-0.25, -0.2) is 4.98 Å². The van der Waals surface area contributed by atoms with Crippen LogP contribution in [0.4, 0.5) is 10.1 Å². The number of hydrogen-bond donors (Lipinski definition) is 1. The Kier molecular flexibility index (Phi) is 3.16. The number of ether oxygens (including phenoxy) is 1. The number of anilines is 1. The van der Waals surface area contributed by atoms with Gasteiger partial charge in [-0.3, -0.25) is 0 Å². The molecule has 0 amide bonds. The van der Waals surface area contributed by atoms with Crippen LogP contribution >= 0.6 is 0 Å². The summed E-state index contributed by atoms with van der Waals surface area (Å²) in [5.41, 5.74) is 0.857. The molecule has 2 rings (SSSR count). The molecule has 1 N–H and O–H groups in total. The first kappa shape index (κ1) is 10.4. The fourth-order valence-corrected chi connectivity index (χ4v) is 1.79. The maximum atomic E-state index is 12.6. The van der Waals surface area contributed by atoms with Gasteiger partial charge in [0.15, 0.2) is 0 Å². The second-order valence-electron chi connectivity index (χ2n) is 3.93. The topological polar surface area (TPSA) is 34.2 Å². The van der Waals surface area contributed by atoms with Crippen molar-refractivity contribution in [1.82, 2.24) is 4.98 Å². The van der Waals surface area contributed by atoms with Crippen LogP contribution in [0.1, 0.15) is 13.3 Å². The van der Waals surface area contributed by atoms with E-state index in [0.29, 0.717) is 12.0 Å². The smallest absolute Gasteiger partial charge is 0.212 e. The Balaban J connectivity index is 1.92. The summed E-state index contributed by atoms with van der Waals surface area (Å²) in [6, 6.07) is 3.40. The summed E-state index contributed by atoms with van der Waals surface area (Å²) in [5, 5.41) is 3.30. The first-order valence-electron chi connectivity index (χ1n) is 5.21. The minimum absolute atomic E-state index is 0.333. The highest BCUT2D eigenvalue weighted by Crippen LogP contribution is 2.19. The van der Waals surface area contributed by atoms with Crippen molar-refractivity contribution in [2.24, 2.45) is 5.92 Å². The van der Waals surface area contributed by atoms with Crippen LogP contribution in [0.2, 0.25) is 0 Å². The van der Waals surface area contributed by atoms with Gasteiger partial charge in [-0.05, 0) is 25.5 Å². The third-order valence-corrected chi connectivity index (χ3v) is 2.79. The summed E-state index contributed by atoms with van der Waals surface area (Å²) in [4.78, 5) is 3.60. The summed E-state index contributed by atoms with van der Waals surface area (Å²) in [6.07, 6.45) is 2.60. The van der Waals surface area contributed by atoms with Crippen LogP contribution in [0, 0.1) is 11.9 Å². The lowest BCUT2D eigenvalue weighted by molar-refractivity contribution is 0.183. The van der Waals surface area contributed by atoms with Gasteiger partial charge >= 0.3 is 0 Å². The molecule has 2 unspecified atom stereocenters. The molecule has 2 atom stereocenters. The average molecular weight is 210 g/mol. The average Bonchev–Trinajstić information content (AvgIpc) is 2.74. The number of nitrogens with one attached hydrogen (secondary N) is 1. The van der Waals surface area contributed by atoms with Gasteiger partial charge < -0.3 is 10.1 Å². The van der Waals surface area contributed by atoms with Crippen molar-refractivity contribution >= 4 is 5.69 Å². The molecule has 1 aromatic rings. The molecule has 0 saturated carbocycles. The molecule has 0 aromatic carbocycles. The maximum absolute atomic E-state index is 12.6. The molecule has 0 bridgehead atoms. The summed E-state index contributed by atoms with van der Waals surface area (Å²) in [5.74, 6) is 0.0902. The van der Waals surface area contributed by atoms with Gasteiger partial charge in [0.25, 0.3) is 0 Å². The zero-order chi connectivity index (χ0) is 10.7. The summed E-state index contributed by atoms with van der Waals surface area (Å²) in [6.45, 7) is 3.77. The minimum atomic E-state index is -0.447. The fourth-order valence-electron chi connectivity index (χ4n) is 1.79. The van der Waals surface area contributed by atoms with E-state index in [0.717, 1.165) is 25.3 Å². The standard InChI is InChI=1S/C11H15FN2O/c1-8(9-4-5-15-7-9)14-10-2-3-11(12)13-6-10/h2-3,6,8-9,14H,4-5,7H2,1H3. The van der Waals surface area contributed by atoms with Crippen molar-refractivity contribution in [3.63, 3.8) is 0 Å². The van der Waals surface area contributed by atoms with Crippen LogP contribution in [-0.4, -0.2) is 24.2 Å². The van der Waals surface area contributed by atoms with Crippen LogP contribution in [0.25, 0.3) is 0 Å². The van der Waals surface area contributed by atoms with E-state index in [1.807, 2.05) is 0 Å². The molecule has 1 aromatic heterocycles. The third kappa shape index (κ3) is 2.65. The zero-order valence-corrected chi connectivity index (χ0v) is 8.74. The Bertz CT molecular complexity index is 309. The first-order valence-corrected chi connectivity index (χ1v) is 5.21. The second kappa shape index (κ2) is 4.57. The molecule has 4 heteroatoms. The Hall–Kier alpha value is -1.16. The summed E-state index contributed by atoms with van der Waals surface area (Å²) in [7, 11) is 0. The highest BCUT2D eigenvalue weighted by atomic mass is 19.1. The molecule has 3 nitrogen and oxygen atoms in total. The second-order valence-corrected chi connectivity index (χ2v) is 3.93. The number of halogens is 1. The molecule has 1 aliphatic rings. The molecule has 1 saturated heterocycles. The molecular formula is C11H15FN2O. The summed E-state index contributed by atoms with van der Waals surface area (Å²) < 4.78 is 17.9. The molecule has 0 spiro atoms. The largest absolute Gasteiger partial charge is 0.381 e. The third-order valence-electron chi connectivity index (χ3n) is 2.79. The summed E-state index contributed by atoms with van der Waals surface area (Å²) >= 11 is 0. The van der Waals surface area contributed by atoms with Gasteiger partial charge in [0.05, 0.1) is 18.5 Å². The van der Waals surface area contributed by atoms with Gasteiger partial charge in [0, 0.05) is 18.6 Å². The van der Waals surface area contributed by atoms with Crippen LogP contribution in [-0.2, 0) is 4.74 Å². The highest BCUT2D eigenvalue weighted by Gasteiger charge is 2.21. The van der Waals surface area contributed by atoms with E-state index in [2.05, 4.69) is 17.2 Å². The highest BCUT2D eigenvalue weighted by molar-refractivity contribution is 5.40.